The van der Waals surface area contributed by atoms with Crippen molar-refractivity contribution in [3.8, 4) is 5.75 Å². The van der Waals surface area contributed by atoms with Gasteiger partial charge in [0.1, 0.15) is 11.3 Å². The van der Waals surface area contributed by atoms with Gasteiger partial charge in [0, 0.05) is 37.7 Å². The second kappa shape index (κ2) is 9.36. The number of benzene rings is 1. The predicted octanol–water partition coefficient (Wildman–Crippen LogP) is 2.73. The highest BCUT2D eigenvalue weighted by atomic mass is 16.5. The monoisotopic (exact) mass is 431 g/mol. The van der Waals surface area contributed by atoms with E-state index in [-0.39, 0.29) is 18.0 Å². The van der Waals surface area contributed by atoms with E-state index in [1.807, 2.05) is 10.9 Å². The number of carbonyl (C=O) groups is 3. The SMILES string of the molecule is COC(=O)c1cc2cn([C@H]3CC[C@H](N(C)C(=O)[C@@H](C)OC(C)=O)CC3)nc2cc1OC. The third kappa shape index (κ3) is 4.81. The molecule has 168 valence electrons. The van der Waals surface area contributed by atoms with Crippen LogP contribution in [0.25, 0.3) is 10.9 Å². The highest BCUT2D eigenvalue weighted by molar-refractivity contribution is 5.97. The van der Waals surface area contributed by atoms with E-state index in [2.05, 4.69) is 5.10 Å². The molecule has 1 aliphatic rings. The fraction of sp³-hybridized carbons (Fsp3) is 0.545. The van der Waals surface area contributed by atoms with Crippen molar-refractivity contribution in [1.29, 1.82) is 0 Å². The van der Waals surface area contributed by atoms with Gasteiger partial charge in [-0.05, 0) is 38.7 Å². The Morgan fingerprint density at radius 2 is 1.84 bits per heavy atom. The van der Waals surface area contributed by atoms with E-state index < -0.39 is 18.0 Å². The van der Waals surface area contributed by atoms with Crippen LogP contribution in [0.15, 0.2) is 18.3 Å². The van der Waals surface area contributed by atoms with E-state index >= 15 is 0 Å². The number of likely N-dealkylation sites (N-methyl/N-ethyl adjacent to an activating group) is 1. The minimum Gasteiger partial charge on any atom is -0.496 e. The lowest BCUT2D eigenvalue weighted by Crippen LogP contribution is -2.45. The van der Waals surface area contributed by atoms with Crippen LogP contribution in [0.2, 0.25) is 0 Å². The number of ether oxygens (including phenoxy) is 3. The van der Waals surface area contributed by atoms with Crippen molar-refractivity contribution in [2.45, 2.75) is 57.7 Å². The van der Waals surface area contributed by atoms with Gasteiger partial charge in [-0.3, -0.25) is 14.3 Å². The first kappa shape index (κ1) is 22.6. The minimum absolute atomic E-state index is 0.0951. The molecule has 2 aromatic rings. The van der Waals surface area contributed by atoms with Crippen molar-refractivity contribution < 1.29 is 28.6 Å². The smallest absolute Gasteiger partial charge is 0.341 e. The molecule has 0 aliphatic heterocycles. The number of rotatable bonds is 6. The molecule has 3 rings (SSSR count). The topological polar surface area (TPSA) is 100.0 Å². The first-order valence-electron chi connectivity index (χ1n) is 10.3. The molecule has 9 nitrogen and oxygen atoms in total. The van der Waals surface area contributed by atoms with Crippen LogP contribution in [-0.4, -0.2) is 65.9 Å². The summed E-state index contributed by atoms with van der Waals surface area (Å²) in [6, 6.07) is 3.77. The van der Waals surface area contributed by atoms with E-state index in [1.54, 1.807) is 31.0 Å². The number of amides is 1. The van der Waals surface area contributed by atoms with Crippen LogP contribution in [0.5, 0.6) is 5.75 Å². The summed E-state index contributed by atoms with van der Waals surface area (Å²) in [6.07, 6.45) is 4.53. The molecule has 1 aromatic carbocycles. The molecule has 9 heteroatoms. The number of hydrogen-bond acceptors (Lipinski definition) is 7. The number of hydrogen-bond donors (Lipinski definition) is 0. The summed E-state index contributed by atoms with van der Waals surface area (Å²) >= 11 is 0. The first-order valence-corrected chi connectivity index (χ1v) is 10.3. The molecule has 1 saturated carbocycles. The van der Waals surface area contributed by atoms with Crippen LogP contribution in [0.4, 0.5) is 0 Å². The molecule has 1 heterocycles. The Labute approximate surface area is 181 Å². The molecule has 0 bridgehead atoms. The summed E-state index contributed by atoms with van der Waals surface area (Å²) in [5, 5.41) is 5.52. The average molecular weight is 431 g/mol. The van der Waals surface area contributed by atoms with Crippen molar-refractivity contribution in [2.75, 3.05) is 21.3 Å². The normalized spacial score (nSPS) is 19.5. The lowest BCUT2D eigenvalue weighted by Gasteiger charge is -2.35. The Balaban J connectivity index is 1.70. The molecule has 0 radical (unpaired) electrons. The van der Waals surface area contributed by atoms with Crippen LogP contribution >= 0.6 is 0 Å². The summed E-state index contributed by atoms with van der Waals surface area (Å²) in [4.78, 5) is 37.3. The number of nitrogens with zero attached hydrogens (tertiary/aromatic N) is 3. The highest BCUT2D eigenvalue weighted by Gasteiger charge is 2.30. The Morgan fingerprint density at radius 1 is 1.16 bits per heavy atom. The maximum absolute atomic E-state index is 12.5. The van der Waals surface area contributed by atoms with Gasteiger partial charge in [0.15, 0.2) is 6.10 Å². The van der Waals surface area contributed by atoms with Gasteiger partial charge in [0.05, 0.1) is 25.8 Å². The van der Waals surface area contributed by atoms with E-state index in [4.69, 9.17) is 14.2 Å². The molecule has 0 unspecified atom stereocenters. The van der Waals surface area contributed by atoms with Crippen LogP contribution < -0.4 is 4.74 Å². The second-order valence-electron chi connectivity index (χ2n) is 7.88. The number of methoxy groups -OCH3 is 2. The maximum Gasteiger partial charge on any atom is 0.341 e. The Hall–Kier alpha value is -3.10. The molecule has 1 aromatic heterocycles. The molecular formula is C22H29N3O6. The van der Waals surface area contributed by atoms with E-state index in [9.17, 15) is 14.4 Å². The van der Waals surface area contributed by atoms with E-state index in [1.165, 1.54) is 21.1 Å². The third-order valence-corrected chi connectivity index (χ3v) is 5.87. The second-order valence-corrected chi connectivity index (χ2v) is 7.88. The van der Waals surface area contributed by atoms with E-state index in [0.29, 0.717) is 11.3 Å². The highest BCUT2D eigenvalue weighted by Crippen LogP contribution is 2.33. The van der Waals surface area contributed by atoms with Crippen LogP contribution in [0.3, 0.4) is 0 Å². The van der Waals surface area contributed by atoms with Crippen LogP contribution in [-0.2, 0) is 19.1 Å². The summed E-state index contributed by atoms with van der Waals surface area (Å²) in [5.41, 5.74) is 1.11. The zero-order valence-corrected chi connectivity index (χ0v) is 18.6. The fourth-order valence-electron chi connectivity index (χ4n) is 4.17. The lowest BCUT2D eigenvalue weighted by molar-refractivity contribution is -0.158. The number of esters is 2. The zero-order valence-electron chi connectivity index (χ0n) is 18.6. The molecule has 0 spiro atoms. The molecule has 1 aliphatic carbocycles. The Kier molecular flexibility index (Phi) is 6.82. The molecule has 1 fully saturated rings. The molecule has 0 N–H and O–H groups in total. The quantitative estimate of drug-likeness (QED) is 0.648. The fourth-order valence-corrected chi connectivity index (χ4v) is 4.17. The summed E-state index contributed by atoms with van der Waals surface area (Å²) in [6.45, 7) is 2.89. The zero-order chi connectivity index (χ0) is 22.7. The predicted molar refractivity (Wildman–Crippen MR) is 113 cm³/mol. The molecular weight excluding hydrogens is 402 g/mol. The van der Waals surface area contributed by atoms with Gasteiger partial charge in [-0.25, -0.2) is 4.79 Å². The van der Waals surface area contributed by atoms with Crippen molar-refractivity contribution in [3.63, 3.8) is 0 Å². The van der Waals surface area contributed by atoms with E-state index in [0.717, 1.165) is 36.6 Å². The maximum atomic E-state index is 12.5. The number of aromatic nitrogens is 2. The number of fused-ring (bicyclic) bond motifs is 1. The molecule has 31 heavy (non-hydrogen) atoms. The van der Waals surface area contributed by atoms with Crippen molar-refractivity contribution in [2.24, 2.45) is 0 Å². The lowest BCUT2D eigenvalue weighted by atomic mass is 9.90. The standard InChI is InChI=1S/C22H29N3O6/c1-13(31-14(2)26)21(27)24(3)16-6-8-17(9-7-16)25-12-15-10-18(22(28)30-5)20(29-4)11-19(15)23-25/h10-13,16-17H,6-9H2,1-5H3/t13-,16-,17-/m1/s1. The van der Waals surface area contributed by atoms with Gasteiger partial charge < -0.3 is 19.1 Å². The average Bonchev–Trinajstić information content (AvgIpc) is 3.19. The summed E-state index contributed by atoms with van der Waals surface area (Å²) in [5.74, 6) is -0.681. The van der Waals surface area contributed by atoms with Gasteiger partial charge in [0.2, 0.25) is 0 Å². The Morgan fingerprint density at radius 3 is 2.42 bits per heavy atom. The number of carbonyl (C=O) groups excluding carboxylic acids is 3. The van der Waals surface area contributed by atoms with Crippen LogP contribution in [0.1, 0.15) is 55.9 Å². The first-order chi connectivity index (χ1) is 14.7. The van der Waals surface area contributed by atoms with Crippen molar-refractivity contribution in [1.82, 2.24) is 14.7 Å². The summed E-state index contributed by atoms with van der Waals surface area (Å²) < 4.78 is 17.1. The van der Waals surface area contributed by atoms with Crippen molar-refractivity contribution in [3.05, 3.63) is 23.9 Å². The van der Waals surface area contributed by atoms with Gasteiger partial charge >= 0.3 is 11.9 Å². The third-order valence-electron chi connectivity index (χ3n) is 5.87. The molecule has 1 atom stereocenters. The van der Waals surface area contributed by atoms with Gasteiger partial charge in [-0.15, -0.1) is 0 Å². The van der Waals surface area contributed by atoms with Crippen LogP contribution in [0, 0.1) is 0 Å². The summed E-state index contributed by atoms with van der Waals surface area (Å²) in [7, 11) is 4.60. The van der Waals surface area contributed by atoms with Crippen molar-refractivity contribution >= 4 is 28.7 Å². The molecule has 1 amide bonds. The van der Waals surface area contributed by atoms with Gasteiger partial charge in [-0.2, -0.15) is 5.10 Å². The Bertz CT molecular complexity index is 977. The minimum atomic E-state index is -0.782. The molecule has 0 saturated heterocycles. The largest absolute Gasteiger partial charge is 0.496 e. The van der Waals surface area contributed by atoms with Gasteiger partial charge in [-0.1, -0.05) is 0 Å². The van der Waals surface area contributed by atoms with Gasteiger partial charge in [0.25, 0.3) is 5.91 Å².